The summed E-state index contributed by atoms with van der Waals surface area (Å²) in [6.07, 6.45) is 1.90. The van der Waals surface area contributed by atoms with Crippen molar-refractivity contribution in [3.63, 3.8) is 0 Å². The molecule has 0 saturated heterocycles. The Balaban J connectivity index is 2.39. The zero-order valence-corrected chi connectivity index (χ0v) is 8.89. The van der Waals surface area contributed by atoms with Gasteiger partial charge in [-0.2, -0.15) is 0 Å². The third-order valence-electron chi connectivity index (χ3n) is 2.41. The third-order valence-corrected chi connectivity index (χ3v) is 2.41. The largest absolute Gasteiger partial charge is 0.488 e. The average molecular weight is 212 g/mol. The summed E-state index contributed by atoms with van der Waals surface area (Å²) in [5, 5.41) is 0. The van der Waals surface area contributed by atoms with Gasteiger partial charge < -0.3 is 4.74 Å². The highest BCUT2D eigenvalue weighted by molar-refractivity contribution is 5.40. The zero-order valence-electron chi connectivity index (χ0n) is 8.89. The van der Waals surface area contributed by atoms with Crippen LogP contribution in [0.5, 0.6) is 5.75 Å². The Kier molecular flexibility index (Phi) is 2.63. The maximum atomic E-state index is 13.5. The minimum atomic E-state index is -0.592. The van der Waals surface area contributed by atoms with E-state index in [1.54, 1.807) is 0 Å². The summed E-state index contributed by atoms with van der Waals surface area (Å²) in [7, 11) is 0. The second-order valence-electron chi connectivity index (χ2n) is 4.25. The topological polar surface area (TPSA) is 9.23 Å². The minimum absolute atomic E-state index is 0.0949. The van der Waals surface area contributed by atoms with Gasteiger partial charge in [-0.3, -0.25) is 0 Å². The molecule has 1 fully saturated rings. The lowest BCUT2D eigenvalue weighted by molar-refractivity contribution is 0.228. The first-order chi connectivity index (χ1) is 7.08. The molecule has 82 valence electrons. The second kappa shape index (κ2) is 3.80. The summed E-state index contributed by atoms with van der Waals surface area (Å²) < 4.78 is 31.9. The van der Waals surface area contributed by atoms with Gasteiger partial charge in [-0.15, -0.1) is 0 Å². The van der Waals surface area contributed by atoms with E-state index < -0.39 is 11.6 Å². The Morgan fingerprint density at radius 2 is 1.93 bits per heavy atom. The highest BCUT2D eigenvalue weighted by atomic mass is 19.1. The Bertz CT molecular complexity index is 370. The molecule has 3 heteroatoms. The van der Waals surface area contributed by atoms with E-state index in [4.69, 9.17) is 4.74 Å². The maximum Gasteiger partial charge on any atom is 0.168 e. The van der Waals surface area contributed by atoms with Crippen LogP contribution in [0.3, 0.4) is 0 Å². The summed E-state index contributed by atoms with van der Waals surface area (Å²) in [6, 6.07) is 2.27. The smallest absolute Gasteiger partial charge is 0.168 e. The zero-order chi connectivity index (χ0) is 11.0. The number of ether oxygens (including phenoxy) is 1. The predicted octanol–water partition coefficient (Wildman–Crippen LogP) is 3.63. The lowest BCUT2D eigenvalue weighted by Gasteiger charge is -2.14. The van der Waals surface area contributed by atoms with E-state index in [2.05, 4.69) is 0 Å². The van der Waals surface area contributed by atoms with Crippen LogP contribution in [0, 0.1) is 11.6 Å². The SMILES string of the molecule is CC(C)Oc1c(F)cc(F)cc1C1CC1. The molecule has 1 aromatic carbocycles. The highest BCUT2D eigenvalue weighted by Gasteiger charge is 2.29. The molecule has 15 heavy (non-hydrogen) atoms. The normalized spacial score (nSPS) is 15.8. The minimum Gasteiger partial charge on any atom is -0.488 e. The highest BCUT2D eigenvalue weighted by Crippen LogP contribution is 2.45. The Morgan fingerprint density at radius 3 is 2.47 bits per heavy atom. The third kappa shape index (κ3) is 2.28. The number of rotatable bonds is 3. The van der Waals surface area contributed by atoms with E-state index in [1.165, 1.54) is 6.07 Å². The molecule has 2 rings (SSSR count). The first-order valence-electron chi connectivity index (χ1n) is 5.23. The first-order valence-corrected chi connectivity index (χ1v) is 5.23. The van der Waals surface area contributed by atoms with Crippen LogP contribution in [-0.2, 0) is 0 Å². The maximum absolute atomic E-state index is 13.5. The molecule has 1 aromatic rings. The van der Waals surface area contributed by atoms with Crippen LogP contribution in [0.15, 0.2) is 12.1 Å². The molecule has 1 aliphatic rings. The van der Waals surface area contributed by atoms with Crippen molar-refractivity contribution in [3.05, 3.63) is 29.3 Å². The van der Waals surface area contributed by atoms with Crippen LogP contribution in [0.1, 0.15) is 38.2 Å². The summed E-state index contributed by atoms with van der Waals surface area (Å²) in [5.41, 5.74) is 0.682. The molecule has 0 unspecified atom stereocenters. The fourth-order valence-electron chi connectivity index (χ4n) is 1.64. The molecule has 0 aliphatic heterocycles. The van der Waals surface area contributed by atoms with Gasteiger partial charge in [0.05, 0.1) is 6.10 Å². The van der Waals surface area contributed by atoms with Crippen LogP contribution in [0.4, 0.5) is 8.78 Å². The van der Waals surface area contributed by atoms with Crippen molar-refractivity contribution >= 4 is 0 Å². The van der Waals surface area contributed by atoms with Crippen molar-refractivity contribution in [2.45, 2.75) is 38.7 Å². The van der Waals surface area contributed by atoms with E-state index in [1.807, 2.05) is 13.8 Å². The fraction of sp³-hybridized carbons (Fsp3) is 0.500. The molecule has 0 bridgehead atoms. The summed E-state index contributed by atoms with van der Waals surface area (Å²) in [6.45, 7) is 3.67. The Morgan fingerprint density at radius 1 is 1.27 bits per heavy atom. The second-order valence-corrected chi connectivity index (χ2v) is 4.25. The lowest BCUT2D eigenvalue weighted by Crippen LogP contribution is -2.09. The molecule has 0 N–H and O–H groups in total. The first kappa shape index (κ1) is 10.4. The van der Waals surface area contributed by atoms with E-state index in [9.17, 15) is 8.78 Å². The van der Waals surface area contributed by atoms with Crippen molar-refractivity contribution < 1.29 is 13.5 Å². The van der Waals surface area contributed by atoms with Gasteiger partial charge in [-0.1, -0.05) is 0 Å². The molecule has 1 aliphatic carbocycles. The van der Waals surface area contributed by atoms with Gasteiger partial charge in [-0.25, -0.2) is 8.78 Å². The van der Waals surface area contributed by atoms with Gasteiger partial charge in [0.15, 0.2) is 11.6 Å². The van der Waals surface area contributed by atoms with E-state index in [0.717, 1.165) is 18.9 Å². The van der Waals surface area contributed by atoms with Crippen molar-refractivity contribution in [2.24, 2.45) is 0 Å². The fourth-order valence-corrected chi connectivity index (χ4v) is 1.64. The molecule has 0 aromatic heterocycles. The monoisotopic (exact) mass is 212 g/mol. The van der Waals surface area contributed by atoms with E-state index in [0.29, 0.717) is 5.56 Å². The summed E-state index contributed by atoms with van der Waals surface area (Å²) >= 11 is 0. The van der Waals surface area contributed by atoms with Gasteiger partial charge in [0.25, 0.3) is 0 Å². The Labute approximate surface area is 88.1 Å². The molecule has 0 atom stereocenters. The van der Waals surface area contributed by atoms with Gasteiger partial charge >= 0.3 is 0 Å². The number of halogens is 2. The lowest BCUT2D eigenvalue weighted by atomic mass is 10.1. The number of hydrogen-bond acceptors (Lipinski definition) is 1. The van der Waals surface area contributed by atoms with Crippen LogP contribution in [0.25, 0.3) is 0 Å². The van der Waals surface area contributed by atoms with Crippen LogP contribution < -0.4 is 4.74 Å². The summed E-state index contributed by atoms with van der Waals surface area (Å²) in [5.74, 6) is -0.603. The standard InChI is InChI=1S/C12H14F2O/c1-7(2)15-12-10(8-3-4-8)5-9(13)6-11(12)14/h5-8H,3-4H2,1-2H3. The molecular formula is C12H14F2O. The van der Waals surface area contributed by atoms with Crippen molar-refractivity contribution in [1.29, 1.82) is 0 Å². The quantitative estimate of drug-likeness (QED) is 0.743. The Hall–Kier alpha value is -1.12. The van der Waals surface area contributed by atoms with Gasteiger partial charge in [-0.05, 0) is 38.7 Å². The summed E-state index contributed by atoms with van der Waals surface area (Å²) in [4.78, 5) is 0. The van der Waals surface area contributed by atoms with Gasteiger partial charge in [0.1, 0.15) is 5.82 Å². The van der Waals surface area contributed by atoms with Crippen molar-refractivity contribution in [1.82, 2.24) is 0 Å². The molecule has 0 amide bonds. The van der Waals surface area contributed by atoms with Gasteiger partial charge in [0, 0.05) is 11.6 Å². The molecule has 0 spiro atoms. The molecule has 0 heterocycles. The molecule has 0 radical (unpaired) electrons. The van der Waals surface area contributed by atoms with Crippen LogP contribution in [0.2, 0.25) is 0 Å². The molecule has 1 saturated carbocycles. The predicted molar refractivity (Wildman–Crippen MR) is 54.1 cm³/mol. The number of benzene rings is 1. The van der Waals surface area contributed by atoms with Crippen molar-refractivity contribution in [3.8, 4) is 5.75 Å². The van der Waals surface area contributed by atoms with Crippen LogP contribution >= 0.6 is 0 Å². The van der Waals surface area contributed by atoms with Crippen molar-refractivity contribution in [2.75, 3.05) is 0 Å². The average Bonchev–Trinajstić information content (AvgIpc) is 2.91. The van der Waals surface area contributed by atoms with E-state index in [-0.39, 0.29) is 17.8 Å². The van der Waals surface area contributed by atoms with Crippen LogP contribution in [-0.4, -0.2) is 6.10 Å². The van der Waals surface area contributed by atoms with Gasteiger partial charge in [0.2, 0.25) is 0 Å². The molecular weight excluding hydrogens is 198 g/mol. The molecule has 1 nitrogen and oxygen atoms in total. The number of hydrogen-bond donors (Lipinski definition) is 0. The van der Waals surface area contributed by atoms with E-state index >= 15 is 0 Å².